The van der Waals surface area contributed by atoms with Gasteiger partial charge in [0, 0.05) is 53.4 Å². The summed E-state index contributed by atoms with van der Waals surface area (Å²) in [4.78, 5) is 16.9. The van der Waals surface area contributed by atoms with E-state index in [0.717, 1.165) is 30.1 Å². The molecule has 0 unspecified atom stereocenters. The maximum Gasteiger partial charge on any atom is 0.289 e. The number of rotatable bonds is 7. The van der Waals surface area contributed by atoms with Crippen molar-refractivity contribution in [3.05, 3.63) is 82.8 Å². The second kappa shape index (κ2) is 10.2. The number of benzene rings is 2. The second-order valence-electron chi connectivity index (χ2n) is 7.60. The molecule has 32 heavy (non-hydrogen) atoms. The summed E-state index contributed by atoms with van der Waals surface area (Å²) in [7, 11) is 0.511. The molecule has 1 aliphatic rings. The Morgan fingerprint density at radius 2 is 1.66 bits per heavy atom. The van der Waals surface area contributed by atoms with E-state index < -0.39 is 10.8 Å². The predicted molar refractivity (Wildman–Crippen MR) is 127 cm³/mol. The van der Waals surface area contributed by atoms with Crippen molar-refractivity contribution in [2.24, 2.45) is 0 Å². The van der Waals surface area contributed by atoms with Crippen LogP contribution in [0.15, 0.2) is 65.1 Å². The average Bonchev–Trinajstić information content (AvgIpc) is 3.28. The molecule has 0 N–H and O–H groups in total. The molecular formula is C24H25ClN2O4S. The van der Waals surface area contributed by atoms with Gasteiger partial charge in [-0.1, -0.05) is 23.7 Å². The number of hydrogen-bond acceptors (Lipinski definition) is 5. The fourth-order valence-electron chi connectivity index (χ4n) is 3.66. The predicted octanol–water partition coefficient (Wildman–Crippen LogP) is 4.35. The van der Waals surface area contributed by atoms with Crippen molar-refractivity contribution < 1.29 is 18.2 Å². The Hall–Kier alpha value is -2.77. The highest BCUT2D eigenvalue weighted by atomic mass is 35.5. The smallest absolute Gasteiger partial charge is 0.289 e. The van der Waals surface area contributed by atoms with Crippen molar-refractivity contribution in [1.29, 1.82) is 0 Å². The van der Waals surface area contributed by atoms with Gasteiger partial charge in [-0.15, -0.1) is 0 Å². The third-order valence-corrected chi connectivity index (χ3v) is 6.93. The van der Waals surface area contributed by atoms with E-state index in [2.05, 4.69) is 4.90 Å². The topological polar surface area (TPSA) is 63.0 Å². The molecule has 1 fully saturated rings. The highest BCUT2D eigenvalue weighted by Gasteiger charge is 2.24. The molecule has 1 saturated heterocycles. The first-order chi connectivity index (χ1) is 15.5. The van der Waals surface area contributed by atoms with Gasteiger partial charge < -0.3 is 19.0 Å². The number of halogens is 1. The van der Waals surface area contributed by atoms with Crippen LogP contribution in [-0.2, 0) is 22.3 Å². The van der Waals surface area contributed by atoms with Crippen molar-refractivity contribution in [3.8, 4) is 5.75 Å². The van der Waals surface area contributed by atoms with Gasteiger partial charge in [-0.3, -0.25) is 9.00 Å². The highest BCUT2D eigenvalue weighted by Crippen LogP contribution is 2.22. The number of methoxy groups -OCH3 is 1. The van der Waals surface area contributed by atoms with Crippen LogP contribution in [0.4, 0.5) is 5.69 Å². The molecule has 1 aliphatic heterocycles. The molecule has 4 rings (SSSR count). The number of amides is 1. The lowest BCUT2D eigenvalue weighted by Crippen LogP contribution is -2.48. The molecule has 0 saturated carbocycles. The van der Waals surface area contributed by atoms with Gasteiger partial charge in [-0.2, -0.15) is 0 Å². The summed E-state index contributed by atoms with van der Waals surface area (Å²) >= 11 is 5.89. The molecule has 0 radical (unpaired) electrons. The minimum Gasteiger partial charge on any atom is -0.497 e. The molecule has 168 valence electrons. The third kappa shape index (κ3) is 5.53. The maximum atomic E-state index is 12.9. The van der Waals surface area contributed by atoms with Gasteiger partial charge in [-0.25, -0.2) is 0 Å². The monoisotopic (exact) mass is 472 g/mol. The van der Waals surface area contributed by atoms with Crippen LogP contribution in [0.2, 0.25) is 5.02 Å². The van der Waals surface area contributed by atoms with Gasteiger partial charge in [0.05, 0.1) is 12.9 Å². The Labute approximate surface area is 195 Å². The molecule has 1 atom stereocenters. The van der Waals surface area contributed by atoms with Crippen LogP contribution in [0.5, 0.6) is 5.75 Å². The molecule has 2 heterocycles. The van der Waals surface area contributed by atoms with Crippen LogP contribution in [-0.4, -0.2) is 48.3 Å². The zero-order valence-corrected chi connectivity index (χ0v) is 19.4. The number of carbonyl (C=O) groups is 1. The number of carbonyl (C=O) groups excluding carboxylic acids is 1. The molecule has 0 aliphatic carbocycles. The number of furan rings is 1. The Bertz CT molecular complexity index is 1070. The number of anilines is 1. The van der Waals surface area contributed by atoms with Gasteiger partial charge >= 0.3 is 0 Å². The number of hydrogen-bond donors (Lipinski definition) is 0. The number of nitrogens with zero attached hydrogens (tertiary/aromatic N) is 2. The summed E-state index contributed by atoms with van der Waals surface area (Å²) < 4.78 is 23.4. The SMILES string of the molecule is COc1ccc(N2CCN(C(=O)c3ccc(C[S@@](=O)Cc4ccc(Cl)cc4)o3)CC2)cc1. The number of piperazine rings is 1. The van der Waals surface area contributed by atoms with Gasteiger partial charge in [-0.05, 0) is 54.1 Å². The Balaban J connectivity index is 1.29. The van der Waals surface area contributed by atoms with E-state index >= 15 is 0 Å². The first-order valence-corrected chi connectivity index (χ1v) is 12.2. The highest BCUT2D eigenvalue weighted by molar-refractivity contribution is 7.83. The van der Waals surface area contributed by atoms with E-state index in [9.17, 15) is 9.00 Å². The molecular weight excluding hydrogens is 448 g/mol. The van der Waals surface area contributed by atoms with Gasteiger partial charge in [0.25, 0.3) is 5.91 Å². The molecule has 3 aromatic rings. The van der Waals surface area contributed by atoms with Crippen LogP contribution in [0.25, 0.3) is 0 Å². The van der Waals surface area contributed by atoms with Crippen LogP contribution >= 0.6 is 11.6 Å². The van der Waals surface area contributed by atoms with Gasteiger partial charge in [0.2, 0.25) is 0 Å². The molecule has 1 aromatic heterocycles. The summed E-state index contributed by atoms with van der Waals surface area (Å²) in [5.41, 5.74) is 2.06. The molecule has 0 spiro atoms. The van der Waals surface area contributed by atoms with E-state index in [-0.39, 0.29) is 11.7 Å². The minimum atomic E-state index is -1.14. The van der Waals surface area contributed by atoms with Crippen molar-refractivity contribution in [3.63, 3.8) is 0 Å². The second-order valence-corrected chi connectivity index (χ2v) is 9.49. The Morgan fingerprint density at radius 3 is 2.31 bits per heavy atom. The Kier molecular flexibility index (Phi) is 7.17. The molecule has 8 heteroatoms. The summed E-state index contributed by atoms with van der Waals surface area (Å²) in [5, 5.41) is 0.651. The zero-order chi connectivity index (χ0) is 22.5. The maximum absolute atomic E-state index is 12.9. The summed E-state index contributed by atoms with van der Waals surface area (Å²) in [6.45, 7) is 2.72. The van der Waals surface area contributed by atoms with E-state index in [1.54, 1.807) is 36.3 Å². The fraction of sp³-hybridized carbons (Fsp3) is 0.292. The van der Waals surface area contributed by atoms with Crippen LogP contribution in [0, 0.1) is 0 Å². The Morgan fingerprint density at radius 1 is 0.969 bits per heavy atom. The van der Waals surface area contributed by atoms with Crippen molar-refractivity contribution in [1.82, 2.24) is 4.90 Å². The van der Waals surface area contributed by atoms with Crippen LogP contribution < -0.4 is 9.64 Å². The summed E-state index contributed by atoms with van der Waals surface area (Å²) in [6, 6.07) is 18.6. The van der Waals surface area contributed by atoms with Crippen molar-refractivity contribution in [2.75, 3.05) is 38.2 Å². The third-order valence-electron chi connectivity index (χ3n) is 5.42. The average molecular weight is 473 g/mol. The lowest BCUT2D eigenvalue weighted by atomic mass is 10.2. The largest absolute Gasteiger partial charge is 0.497 e. The lowest BCUT2D eigenvalue weighted by molar-refractivity contribution is 0.0713. The first-order valence-electron chi connectivity index (χ1n) is 10.4. The van der Waals surface area contributed by atoms with Gasteiger partial charge in [0.1, 0.15) is 11.5 Å². The van der Waals surface area contributed by atoms with E-state index in [4.69, 9.17) is 20.8 Å². The molecule has 0 bridgehead atoms. The summed E-state index contributed by atoms with van der Waals surface area (Å²) in [5.74, 6) is 2.22. The zero-order valence-electron chi connectivity index (χ0n) is 17.8. The minimum absolute atomic E-state index is 0.130. The van der Waals surface area contributed by atoms with E-state index in [1.165, 1.54) is 0 Å². The normalized spacial score (nSPS) is 14.9. The van der Waals surface area contributed by atoms with E-state index in [1.807, 2.05) is 36.4 Å². The van der Waals surface area contributed by atoms with Gasteiger partial charge in [0.15, 0.2) is 5.76 Å². The lowest BCUT2D eigenvalue weighted by Gasteiger charge is -2.35. The van der Waals surface area contributed by atoms with E-state index in [0.29, 0.717) is 35.4 Å². The molecule has 1 amide bonds. The van der Waals surface area contributed by atoms with Crippen LogP contribution in [0.1, 0.15) is 21.9 Å². The first kappa shape index (κ1) is 22.4. The molecule has 6 nitrogen and oxygen atoms in total. The van der Waals surface area contributed by atoms with Crippen LogP contribution in [0.3, 0.4) is 0 Å². The molecule has 2 aromatic carbocycles. The van der Waals surface area contributed by atoms with Crippen molar-refractivity contribution >= 4 is 34.0 Å². The summed E-state index contributed by atoms with van der Waals surface area (Å²) in [6.07, 6.45) is 0. The standard InChI is InChI=1S/C24H25ClN2O4S/c1-30-21-8-6-20(7-9-21)26-12-14-27(15-13-26)24(28)23-11-10-22(31-23)17-32(29)16-18-2-4-19(25)5-3-18/h2-11H,12-17H2,1H3/t32-/m0/s1. The fourth-order valence-corrected chi connectivity index (χ4v) is 4.93. The number of ether oxygens (including phenoxy) is 1. The quantitative estimate of drug-likeness (QED) is 0.511. The van der Waals surface area contributed by atoms with Crippen molar-refractivity contribution in [2.45, 2.75) is 11.5 Å².